The molecule has 7 heteroatoms. The highest BCUT2D eigenvalue weighted by atomic mass is 32.1. The maximum absolute atomic E-state index is 12.9. The third kappa shape index (κ3) is 3.63. The van der Waals surface area contributed by atoms with Gasteiger partial charge in [-0.25, -0.2) is 4.98 Å². The Morgan fingerprint density at radius 3 is 2.71 bits per heavy atom. The van der Waals surface area contributed by atoms with E-state index in [4.69, 9.17) is 0 Å². The number of thiazole rings is 1. The standard InChI is InChI=1S/C17H20N4O2S/c1-12(22)18-17-19-14(11-24-17)16(23)21-9-8-20(2)10-15(21)13-6-4-3-5-7-13/h3-7,11,15H,8-10H2,1-2H3,(H,18,19,22). The fraction of sp³-hybridized carbons (Fsp3) is 0.353. The van der Waals surface area contributed by atoms with Crippen molar-refractivity contribution >= 4 is 28.3 Å². The van der Waals surface area contributed by atoms with Crippen molar-refractivity contribution in [3.05, 3.63) is 47.0 Å². The largest absolute Gasteiger partial charge is 0.328 e. The van der Waals surface area contributed by atoms with Crippen LogP contribution >= 0.6 is 11.3 Å². The van der Waals surface area contributed by atoms with E-state index < -0.39 is 0 Å². The van der Waals surface area contributed by atoms with Crippen molar-refractivity contribution in [2.45, 2.75) is 13.0 Å². The van der Waals surface area contributed by atoms with Crippen LogP contribution in [-0.2, 0) is 4.79 Å². The first kappa shape index (κ1) is 16.6. The van der Waals surface area contributed by atoms with Crippen LogP contribution < -0.4 is 5.32 Å². The second kappa shape index (κ2) is 7.11. The van der Waals surface area contributed by atoms with Crippen LogP contribution in [-0.4, -0.2) is 53.3 Å². The molecular weight excluding hydrogens is 324 g/mol. The molecule has 1 saturated heterocycles. The van der Waals surface area contributed by atoms with Gasteiger partial charge in [0.15, 0.2) is 5.13 Å². The molecule has 1 aliphatic heterocycles. The van der Waals surface area contributed by atoms with E-state index in [0.29, 0.717) is 17.4 Å². The number of carbonyl (C=O) groups is 2. The number of likely N-dealkylation sites (N-methyl/N-ethyl adjacent to an activating group) is 1. The van der Waals surface area contributed by atoms with Gasteiger partial charge < -0.3 is 15.1 Å². The molecule has 0 saturated carbocycles. The molecule has 2 heterocycles. The Kier molecular flexibility index (Phi) is 4.92. The maximum Gasteiger partial charge on any atom is 0.274 e. The Morgan fingerprint density at radius 2 is 2.00 bits per heavy atom. The van der Waals surface area contributed by atoms with Gasteiger partial charge in [-0.05, 0) is 12.6 Å². The molecule has 1 N–H and O–H groups in total. The van der Waals surface area contributed by atoms with Gasteiger partial charge in [0.2, 0.25) is 5.91 Å². The van der Waals surface area contributed by atoms with Crippen LogP contribution in [0.25, 0.3) is 0 Å². The van der Waals surface area contributed by atoms with Crippen molar-refractivity contribution in [1.29, 1.82) is 0 Å². The maximum atomic E-state index is 12.9. The van der Waals surface area contributed by atoms with Crippen LogP contribution in [0, 0.1) is 0 Å². The molecule has 1 aromatic heterocycles. The lowest BCUT2D eigenvalue weighted by Gasteiger charge is -2.40. The van der Waals surface area contributed by atoms with Gasteiger partial charge >= 0.3 is 0 Å². The van der Waals surface area contributed by atoms with Crippen molar-refractivity contribution in [2.24, 2.45) is 0 Å². The van der Waals surface area contributed by atoms with Crippen LogP contribution in [0.5, 0.6) is 0 Å². The van der Waals surface area contributed by atoms with Crippen LogP contribution in [0.4, 0.5) is 5.13 Å². The Bertz CT molecular complexity index is 731. The number of nitrogens with zero attached hydrogens (tertiary/aromatic N) is 3. The number of aromatic nitrogens is 1. The first-order valence-electron chi connectivity index (χ1n) is 7.82. The van der Waals surface area contributed by atoms with E-state index in [9.17, 15) is 9.59 Å². The Hall–Kier alpha value is -2.25. The topological polar surface area (TPSA) is 65.5 Å². The number of nitrogens with one attached hydrogen (secondary N) is 1. The Morgan fingerprint density at radius 1 is 1.25 bits per heavy atom. The van der Waals surface area contributed by atoms with Crippen molar-refractivity contribution in [1.82, 2.24) is 14.8 Å². The summed E-state index contributed by atoms with van der Waals surface area (Å²) >= 11 is 1.27. The molecule has 24 heavy (non-hydrogen) atoms. The smallest absolute Gasteiger partial charge is 0.274 e. The number of amides is 2. The zero-order chi connectivity index (χ0) is 17.1. The molecule has 1 aromatic carbocycles. The highest BCUT2D eigenvalue weighted by Gasteiger charge is 2.31. The van der Waals surface area contributed by atoms with Crippen molar-refractivity contribution in [2.75, 3.05) is 32.0 Å². The SMILES string of the molecule is CC(=O)Nc1nc(C(=O)N2CCN(C)CC2c2ccccc2)cs1. The quantitative estimate of drug-likeness (QED) is 0.927. The van der Waals surface area contributed by atoms with E-state index in [-0.39, 0.29) is 17.9 Å². The molecule has 0 bridgehead atoms. The molecular formula is C17H20N4O2S. The molecule has 6 nitrogen and oxygen atoms in total. The first-order chi connectivity index (χ1) is 11.5. The van der Waals surface area contributed by atoms with Gasteiger partial charge in [-0.1, -0.05) is 30.3 Å². The zero-order valence-electron chi connectivity index (χ0n) is 13.7. The summed E-state index contributed by atoms with van der Waals surface area (Å²) < 4.78 is 0. The second-order valence-electron chi connectivity index (χ2n) is 5.91. The summed E-state index contributed by atoms with van der Waals surface area (Å²) in [6, 6.07) is 10.1. The van der Waals surface area contributed by atoms with Gasteiger partial charge in [0.05, 0.1) is 6.04 Å². The van der Waals surface area contributed by atoms with Gasteiger partial charge in [-0.15, -0.1) is 11.3 Å². The molecule has 1 aliphatic rings. The van der Waals surface area contributed by atoms with E-state index in [0.717, 1.165) is 18.7 Å². The summed E-state index contributed by atoms with van der Waals surface area (Å²) in [5.74, 6) is -0.282. The summed E-state index contributed by atoms with van der Waals surface area (Å²) in [7, 11) is 2.06. The van der Waals surface area contributed by atoms with Gasteiger partial charge in [0.1, 0.15) is 5.69 Å². The monoisotopic (exact) mass is 344 g/mol. The molecule has 1 atom stereocenters. The number of carbonyl (C=O) groups excluding carboxylic acids is 2. The summed E-state index contributed by atoms with van der Waals surface area (Å²) in [4.78, 5) is 32.4. The van der Waals surface area contributed by atoms with Crippen molar-refractivity contribution in [3.63, 3.8) is 0 Å². The van der Waals surface area contributed by atoms with Gasteiger partial charge in [0.25, 0.3) is 5.91 Å². The number of hydrogen-bond acceptors (Lipinski definition) is 5. The van der Waals surface area contributed by atoms with E-state index in [1.807, 2.05) is 35.2 Å². The fourth-order valence-corrected chi connectivity index (χ4v) is 3.58. The molecule has 2 aromatic rings. The van der Waals surface area contributed by atoms with Crippen LogP contribution in [0.2, 0.25) is 0 Å². The summed E-state index contributed by atoms with van der Waals surface area (Å²) in [6.45, 7) is 3.70. The molecule has 126 valence electrons. The summed E-state index contributed by atoms with van der Waals surface area (Å²) in [6.07, 6.45) is 0. The van der Waals surface area contributed by atoms with Crippen LogP contribution in [0.1, 0.15) is 29.0 Å². The Balaban J connectivity index is 1.83. The lowest BCUT2D eigenvalue weighted by Crippen LogP contribution is -2.49. The summed E-state index contributed by atoms with van der Waals surface area (Å²) in [5.41, 5.74) is 1.50. The van der Waals surface area contributed by atoms with E-state index in [1.54, 1.807) is 5.38 Å². The predicted molar refractivity (Wildman–Crippen MR) is 94.1 cm³/mol. The second-order valence-corrected chi connectivity index (χ2v) is 6.76. The van der Waals surface area contributed by atoms with Crippen molar-refractivity contribution in [3.8, 4) is 0 Å². The number of piperazine rings is 1. The minimum Gasteiger partial charge on any atom is -0.328 e. The minimum atomic E-state index is -0.190. The number of hydrogen-bond donors (Lipinski definition) is 1. The highest BCUT2D eigenvalue weighted by molar-refractivity contribution is 7.14. The number of anilines is 1. The normalized spacial score (nSPS) is 18.4. The van der Waals surface area contributed by atoms with E-state index in [1.165, 1.54) is 18.3 Å². The van der Waals surface area contributed by atoms with Crippen LogP contribution in [0.15, 0.2) is 35.7 Å². The molecule has 2 amide bonds. The molecule has 0 spiro atoms. The zero-order valence-corrected chi connectivity index (χ0v) is 14.5. The van der Waals surface area contributed by atoms with Gasteiger partial charge in [-0.2, -0.15) is 0 Å². The molecule has 1 unspecified atom stereocenters. The third-order valence-electron chi connectivity index (χ3n) is 4.03. The number of rotatable bonds is 3. The summed E-state index contributed by atoms with van der Waals surface area (Å²) in [5, 5.41) is 4.78. The first-order valence-corrected chi connectivity index (χ1v) is 8.70. The fourth-order valence-electron chi connectivity index (χ4n) is 2.85. The Labute approximate surface area is 145 Å². The van der Waals surface area contributed by atoms with Gasteiger partial charge in [0, 0.05) is 31.9 Å². The average molecular weight is 344 g/mol. The third-order valence-corrected chi connectivity index (χ3v) is 4.79. The minimum absolute atomic E-state index is 0.00312. The van der Waals surface area contributed by atoms with Crippen molar-refractivity contribution < 1.29 is 9.59 Å². The predicted octanol–water partition coefficient (Wildman–Crippen LogP) is 2.23. The van der Waals surface area contributed by atoms with E-state index >= 15 is 0 Å². The number of benzene rings is 1. The average Bonchev–Trinajstić information content (AvgIpc) is 3.02. The highest BCUT2D eigenvalue weighted by Crippen LogP contribution is 2.27. The molecule has 3 rings (SSSR count). The molecule has 0 radical (unpaired) electrons. The lowest BCUT2D eigenvalue weighted by atomic mass is 10.0. The molecule has 0 aliphatic carbocycles. The van der Waals surface area contributed by atoms with Crippen LogP contribution in [0.3, 0.4) is 0 Å². The molecule has 1 fully saturated rings. The van der Waals surface area contributed by atoms with Gasteiger partial charge in [-0.3, -0.25) is 9.59 Å². The lowest BCUT2D eigenvalue weighted by molar-refractivity contribution is -0.114. The van der Waals surface area contributed by atoms with E-state index in [2.05, 4.69) is 22.2 Å².